The molecule has 0 spiro atoms. The van der Waals surface area contributed by atoms with Crippen LogP contribution in [0.4, 0.5) is 5.69 Å². The van der Waals surface area contributed by atoms with Crippen LogP contribution >= 0.6 is 0 Å². The van der Waals surface area contributed by atoms with E-state index in [0.29, 0.717) is 5.69 Å². The fourth-order valence-electron chi connectivity index (χ4n) is 4.10. The van der Waals surface area contributed by atoms with Crippen LogP contribution in [0, 0.1) is 0 Å². The smallest absolute Gasteiger partial charge is 0.226 e. The molecule has 1 unspecified atom stereocenters. The molecule has 3 heterocycles. The molecule has 2 amide bonds. The maximum absolute atomic E-state index is 12.8. The summed E-state index contributed by atoms with van der Waals surface area (Å²) in [6.45, 7) is 1.52. The van der Waals surface area contributed by atoms with Crippen LogP contribution in [0.2, 0.25) is 0 Å². The summed E-state index contributed by atoms with van der Waals surface area (Å²) in [5.41, 5.74) is 5.44. The number of imidazole rings is 1. The highest BCUT2D eigenvalue weighted by atomic mass is 16.2. The minimum Gasteiger partial charge on any atom is -0.326 e. The van der Waals surface area contributed by atoms with E-state index in [1.54, 1.807) is 11.1 Å². The van der Waals surface area contributed by atoms with Crippen LogP contribution in [0.25, 0.3) is 23.0 Å². The van der Waals surface area contributed by atoms with Crippen LogP contribution in [-0.2, 0) is 9.59 Å². The summed E-state index contributed by atoms with van der Waals surface area (Å²) in [6.07, 6.45) is 7.78. The van der Waals surface area contributed by atoms with E-state index in [2.05, 4.69) is 10.3 Å². The molecule has 5 rings (SSSR count). The van der Waals surface area contributed by atoms with Gasteiger partial charge in [0.25, 0.3) is 0 Å². The van der Waals surface area contributed by atoms with Crippen molar-refractivity contribution in [2.75, 3.05) is 5.32 Å². The van der Waals surface area contributed by atoms with E-state index in [1.165, 1.54) is 6.92 Å². The molecule has 1 atom stereocenters. The molecule has 0 saturated carbocycles. The molecule has 1 N–H and O–H groups in total. The van der Waals surface area contributed by atoms with Crippen LogP contribution in [0.3, 0.4) is 0 Å². The highest BCUT2D eigenvalue weighted by Crippen LogP contribution is 2.33. The zero-order chi connectivity index (χ0) is 22.1. The third-order valence-corrected chi connectivity index (χ3v) is 5.68. The number of amides is 2. The number of nitrogens with one attached hydrogen (secondary N) is 1. The van der Waals surface area contributed by atoms with Gasteiger partial charge in [-0.25, -0.2) is 4.98 Å². The predicted molar refractivity (Wildman–Crippen MR) is 125 cm³/mol. The number of benzene rings is 2. The monoisotopic (exact) mass is 422 g/mol. The van der Waals surface area contributed by atoms with Crippen molar-refractivity contribution >= 4 is 29.2 Å². The summed E-state index contributed by atoms with van der Waals surface area (Å²) >= 11 is 0. The zero-order valence-electron chi connectivity index (χ0n) is 17.6. The number of anilines is 1. The van der Waals surface area contributed by atoms with Gasteiger partial charge in [0.2, 0.25) is 11.8 Å². The van der Waals surface area contributed by atoms with Gasteiger partial charge in [0, 0.05) is 36.8 Å². The van der Waals surface area contributed by atoms with E-state index in [1.807, 2.05) is 89.6 Å². The second-order valence-electron chi connectivity index (χ2n) is 7.81. The van der Waals surface area contributed by atoms with Gasteiger partial charge in [0.15, 0.2) is 0 Å². The van der Waals surface area contributed by atoms with Crippen LogP contribution < -0.4 is 5.32 Å². The average Bonchev–Trinajstić information content (AvgIpc) is 3.24. The second-order valence-corrected chi connectivity index (χ2v) is 7.81. The van der Waals surface area contributed by atoms with Crippen LogP contribution in [0.5, 0.6) is 0 Å². The lowest BCUT2D eigenvalue weighted by Gasteiger charge is -2.32. The minimum atomic E-state index is -0.328. The van der Waals surface area contributed by atoms with Crippen molar-refractivity contribution in [3.05, 3.63) is 96.5 Å². The summed E-state index contributed by atoms with van der Waals surface area (Å²) in [4.78, 5) is 31.2. The first-order valence-electron chi connectivity index (χ1n) is 10.5. The summed E-state index contributed by atoms with van der Waals surface area (Å²) in [6, 6.07) is 21.0. The van der Waals surface area contributed by atoms with Crippen LogP contribution in [0.1, 0.15) is 30.5 Å². The molecule has 0 aliphatic carbocycles. The number of fused-ring (bicyclic) bond motifs is 2. The van der Waals surface area contributed by atoms with Gasteiger partial charge in [-0.05, 0) is 41.5 Å². The third-order valence-electron chi connectivity index (χ3n) is 5.68. The fourth-order valence-corrected chi connectivity index (χ4v) is 4.10. The normalized spacial score (nSPS) is 14.9. The number of pyridine rings is 1. The fraction of sp³-hybridized carbons (Fsp3) is 0.115. The van der Waals surface area contributed by atoms with E-state index >= 15 is 0 Å². The highest BCUT2D eigenvalue weighted by molar-refractivity contribution is 5.92. The van der Waals surface area contributed by atoms with Crippen LogP contribution in [0.15, 0.2) is 85.3 Å². The van der Waals surface area contributed by atoms with E-state index in [0.717, 1.165) is 28.0 Å². The van der Waals surface area contributed by atoms with Crippen molar-refractivity contribution in [2.45, 2.75) is 19.4 Å². The topological polar surface area (TPSA) is 66.7 Å². The third kappa shape index (κ3) is 3.78. The lowest BCUT2D eigenvalue weighted by atomic mass is 9.93. The number of hydrogen-bond acceptors (Lipinski definition) is 3. The number of nitrogens with zero attached hydrogens (tertiary/aromatic N) is 3. The standard InChI is InChI=1S/C26H22N4O2/c1-18(31)30-15-13-19-6-2-3-7-22(19)24(30)16-26(32)27-21-11-9-20(10-12-21)23-17-29-14-5-4-8-25(29)28-23/h2-15,17,24H,16H2,1H3,(H,27,32). The molecule has 0 radical (unpaired) electrons. The number of carbonyl (C=O) groups excluding carboxylic acids is 2. The Hall–Kier alpha value is -4.19. The Bertz CT molecular complexity index is 1300. The lowest BCUT2D eigenvalue weighted by Crippen LogP contribution is -2.33. The first-order chi connectivity index (χ1) is 15.6. The minimum absolute atomic E-state index is 0.0923. The Morgan fingerprint density at radius 3 is 2.56 bits per heavy atom. The van der Waals surface area contributed by atoms with Gasteiger partial charge in [0.1, 0.15) is 5.65 Å². The van der Waals surface area contributed by atoms with Crippen molar-refractivity contribution in [1.82, 2.24) is 14.3 Å². The summed E-state index contributed by atoms with van der Waals surface area (Å²) in [7, 11) is 0. The second kappa shape index (κ2) is 8.15. The molecule has 4 aromatic rings. The van der Waals surface area contributed by atoms with E-state index < -0.39 is 0 Å². The van der Waals surface area contributed by atoms with Gasteiger partial charge >= 0.3 is 0 Å². The molecule has 0 fully saturated rings. The van der Waals surface area contributed by atoms with Gasteiger partial charge in [-0.15, -0.1) is 0 Å². The Morgan fingerprint density at radius 1 is 1.00 bits per heavy atom. The summed E-state index contributed by atoms with van der Waals surface area (Å²) in [5.74, 6) is -0.239. The average molecular weight is 422 g/mol. The molecular formula is C26H22N4O2. The zero-order valence-corrected chi connectivity index (χ0v) is 17.6. The summed E-state index contributed by atoms with van der Waals surface area (Å²) in [5, 5.41) is 2.96. The largest absolute Gasteiger partial charge is 0.326 e. The molecule has 2 aromatic carbocycles. The van der Waals surface area contributed by atoms with Crippen molar-refractivity contribution in [2.24, 2.45) is 0 Å². The van der Waals surface area contributed by atoms with E-state index in [9.17, 15) is 9.59 Å². The lowest BCUT2D eigenvalue weighted by molar-refractivity contribution is -0.129. The van der Waals surface area contributed by atoms with E-state index in [-0.39, 0.29) is 24.3 Å². The van der Waals surface area contributed by atoms with Crippen LogP contribution in [-0.4, -0.2) is 26.1 Å². The number of hydrogen-bond donors (Lipinski definition) is 1. The Kier molecular flexibility index (Phi) is 5.03. The van der Waals surface area contributed by atoms with Gasteiger partial charge in [-0.3, -0.25) is 9.59 Å². The molecule has 6 heteroatoms. The number of carbonyl (C=O) groups is 2. The van der Waals surface area contributed by atoms with Crippen molar-refractivity contribution < 1.29 is 9.59 Å². The predicted octanol–water partition coefficient (Wildman–Crippen LogP) is 4.90. The Labute approximate surface area is 185 Å². The Morgan fingerprint density at radius 2 is 1.78 bits per heavy atom. The maximum Gasteiger partial charge on any atom is 0.226 e. The molecule has 2 aromatic heterocycles. The molecule has 6 nitrogen and oxygen atoms in total. The molecular weight excluding hydrogens is 400 g/mol. The van der Waals surface area contributed by atoms with Crippen molar-refractivity contribution in [1.29, 1.82) is 0 Å². The molecule has 0 saturated heterocycles. The van der Waals surface area contributed by atoms with Gasteiger partial charge in [-0.2, -0.15) is 0 Å². The van der Waals surface area contributed by atoms with E-state index in [4.69, 9.17) is 0 Å². The van der Waals surface area contributed by atoms with Crippen molar-refractivity contribution in [3.8, 4) is 11.3 Å². The maximum atomic E-state index is 12.8. The molecule has 1 aliphatic rings. The van der Waals surface area contributed by atoms with Gasteiger partial charge < -0.3 is 14.6 Å². The molecule has 0 bridgehead atoms. The molecule has 158 valence electrons. The van der Waals surface area contributed by atoms with Gasteiger partial charge in [0.05, 0.1) is 18.2 Å². The van der Waals surface area contributed by atoms with Gasteiger partial charge in [-0.1, -0.05) is 42.5 Å². The first kappa shape index (κ1) is 19.8. The number of aromatic nitrogens is 2. The molecule has 1 aliphatic heterocycles. The Balaban J connectivity index is 1.31. The quantitative estimate of drug-likeness (QED) is 0.508. The molecule has 32 heavy (non-hydrogen) atoms. The van der Waals surface area contributed by atoms with Crippen molar-refractivity contribution in [3.63, 3.8) is 0 Å². The SMILES string of the molecule is CC(=O)N1C=Cc2ccccc2C1CC(=O)Nc1ccc(-c2cn3ccccc3n2)cc1. The number of rotatable bonds is 4. The summed E-state index contributed by atoms with van der Waals surface area (Å²) < 4.78 is 1.97. The highest BCUT2D eigenvalue weighted by Gasteiger charge is 2.28. The first-order valence-corrected chi connectivity index (χ1v) is 10.5.